The number of hydrogen-bond acceptors (Lipinski definition) is 2. The molecule has 0 radical (unpaired) electrons. The molecule has 0 aromatic heterocycles. The van der Waals surface area contributed by atoms with Crippen molar-refractivity contribution in [3.05, 3.63) is 30.3 Å². The van der Waals surface area contributed by atoms with Crippen molar-refractivity contribution in [2.24, 2.45) is 0 Å². The Bertz CT molecular complexity index is 434. The molecule has 2 fully saturated rings. The second kappa shape index (κ2) is 5.88. The van der Waals surface area contributed by atoms with E-state index in [1.54, 1.807) is 0 Å². The molecule has 0 amide bonds. The van der Waals surface area contributed by atoms with E-state index in [0.717, 1.165) is 23.9 Å². The minimum atomic E-state index is 0.707. The molecule has 102 valence electrons. The quantitative estimate of drug-likeness (QED) is 0.794. The van der Waals surface area contributed by atoms with Crippen molar-refractivity contribution in [3.8, 4) is 0 Å². The number of anilines is 1. The zero-order chi connectivity index (χ0) is 13.1. The van der Waals surface area contributed by atoms with Crippen molar-refractivity contribution in [3.63, 3.8) is 0 Å². The topological polar surface area (TPSA) is 18.5 Å². The number of thiocarbonyl (C=S) groups is 1. The fourth-order valence-corrected chi connectivity index (χ4v) is 3.40. The van der Waals surface area contributed by atoms with E-state index >= 15 is 0 Å². The van der Waals surface area contributed by atoms with Crippen molar-refractivity contribution in [2.75, 3.05) is 31.5 Å². The number of benzene rings is 1. The molecule has 1 N–H and O–H groups in total. The molecule has 3 rings (SSSR count). The molecule has 1 aromatic carbocycles. The fraction of sp³-hybridized carbons (Fsp3) is 0.533. The van der Waals surface area contributed by atoms with Gasteiger partial charge in [0.1, 0.15) is 0 Å². The van der Waals surface area contributed by atoms with Crippen LogP contribution in [0.4, 0.5) is 5.69 Å². The molecule has 0 aliphatic carbocycles. The van der Waals surface area contributed by atoms with Crippen molar-refractivity contribution in [2.45, 2.75) is 25.3 Å². The van der Waals surface area contributed by atoms with Gasteiger partial charge in [-0.1, -0.05) is 18.2 Å². The summed E-state index contributed by atoms with van der Waals surface area (Å²) in [6.07, 6.45) is 3.88. The third-order valence-electron chi connectivity index (χ3n) is 4.12. The molecule has 0 spiro atoms. The lowest BCUT2D eigenvalue weighted by Crippen LogP contribution is -2.41. The number of para-hydroxylation sites is 1. The third kappa shape index (κ3) is 3.07. The molecule has 4 heteroatoms. The Morgan fingerprint density at radius 1 is 1.11 bits per heavy atom. The summed E-state index contributed by atoms with van der Waals surface area (Å²) in [6, 6.07) is 10.9. The first-order valence-electron chi connectivity index (χ1n) is 7.18. The largest absolute Gasteiger partial charge is 0.347 e. The molecule has 2 aliphatic heterocycles. The second-order valence-electron chi connectivity index (χ2n) is 5.43. The Hall–Kier alpha value is -1.13. The zero-order valence-electron chi connectivity index (χ0n) is 11.2. The standard InChI is InChI=1S/C15H21N3S/c19-15(16-13-6-2-1-3-7-13)18-11-5-10-17-9-4-8-14(17)12-18/h1-3,6-7,14H,4-5,8-12H2,(H,16,19). The van der Waals surface area contributed by atoms with Crippen LogP contribution in [0.25, 0.3) is 0 Å². The Kier molecular flexibility index (Phi) is 3.99. The lowest BCUT2D eigenvalue weighted by Gasteiger charge is -2.27. The predicted octanol–water partition coefficient (Wildman–Crippen LogP) is 2.55. The van der Waals surface area contributed by atoms with E-state index in [-0.39, 0.29) is 0 Å². The summed E-state index contributed by atoms with van der Waals surface area (Å²) in [5.74, 6) is 0. The summed E-state index contributed by atoms with van der Waals surface area (Å²) < 4.78 is 0. The molecular weight excluding hydrogens is 254 g/mol. The van der Waals surface area contributed by atoms with Gasteiger partial charge in [-0.2, -0.15) is 0 Å². The minimum absolute atomic E-state index is 0.707. The molecule has 0 saturated carbocycles. The van der Waals surface area contributed by atoms with Crippen LogP contribution >= 0.6 is 12.2 Å². The van der Waals surface area contributed by atoms with Crippen LogP contribution in [0.1, 0.15) is 19.3 Å². The van der Waals surface area contributed by atoms with Crippen molar-refractivity contribution < 1.29 is 0 Å². The summed E-state index contributed by atoms with van der Waals surface area (Å²) in [5.41, 5.74) is 1.08. The van der Waals surface area contributed by atoms with Gasteiger partial charge in [-0.05, 0) is 50.2 Å². The normalized spacial score (nSPS) is 23.8. The lowest BCUT2D eigenvalue weighted by molar-refractivity contribution is 0.256. The summed E-state index contributed by atoms with van der Waals surface area (Å²) in [4.78, 5) is 4.98. The molecule has 1 atom stereocenters. The molecule has 1 aromatic rings. The number of nitrogens with one attached hydrogen (secondary N) is 1. The molecule has 19 heavy (non-hydrogen) atoms. The van der Waals surface area contributed by atoms with Gasteiger partial charge in [0, 0.05) is 31.4 Å². The van der Waals surface area contributed by atoms with Gasteiger partial charge < -0.3 is 10.2 Å². The Morgan fingerprint density at radius 3 is 2.74 bits per heavy atom. The third-order valence-corrected chi connectivity index (χ3v) is 4.48. The summed E-state index contributed by atoms with van der Waals surface area (Å²) in [7, 11) is 0. The summed E-state index contributed by atoms with van der Waals surface area (Å²) in [5, 5.41) is 4.23. The van der Waals surface area contributed by atoms with E-state index in [2.05, 4.69) is 27.2 Å². The zero-order valence-corrected chi connectivity index (χ0v) is 12.0. The molecule has 1 unspecified atom stereocenters. The molecule has 3 nitrogen and oxygen atoms in total. The van der Waals surface area contributed by atoms with Gasteiger partial charge in [0.15, 0.2) is 5.11 Å². The van der Waals surface area contributed by atoms with E-state index in [0.29, 0.717) is 6.04 Å². The van der Waals surface area contributed by atoms with Gasteiger partial charge in [0.2, 0.25) is 0 Å². The first-order chi connectivity index (χ1) is 9.33. The number of hydrogen-bond donors (Lipinski definition) is 1. The average Bonchev–Trinajstić information content (AvgIpc) is 2.77. The first kappa shape index (κ1) is 12.9. The highest BCUT2D eigenvalue weighted by Gasteiger charge is 2.29. The van der Waals surface area contributed by atoms with Gasteiger partial charge in [0.05, 0.1) is 0 Å². The molecule has 0 bridgehead atoms. The van der Waals surface area contributed by atoms with Crippen molar-refractivity contribution >= 4 is 23.0 Å². The Morgan fingerprint density at radius 2 is 1.89 bits per heavy atom. The highest BCUT2D eigenvalue weighted by molar-refractivity contribution is 7.80. The smallest absolute Gasteiger partial charge is 0.173 e. The van der Waals surface area contributed by atoms with Gasteiger partial charge in [-0.25, -0.2) is 0 Å². The minimum Gasteiger partial charge on any atom is -0.347 e. The molecule has 2 heterocycles. The van der Waals surface area contributed by atoms with Crippen molar-refractivity contribution in [1.29, 1.82) is 0 Å². The second-order valence-corrected chi connectivity index (χ2v) is 5.81. The van der Waals surface area contributed by atoms with Crippen LogP contribution in [0, 0.1) is 0 Å². The van der Waals surface area contributed by atoms with Crippen LogP contribution in [0.2, 0.25) is 0 Å². The summed E-state index contributed by atoms with van der Waals surface area (Å²) in [6.45, 7) is 4.66. The number of rotatable bonds is 1. The first-order valence-corrected chi connectivity index (χ1v) is 7.59. The SMILES string of the molecule is S=C(Nc1ccccc1)N1CCCN2CCCC2C1. The van der Waals surface area contributed by atoms with E-state index in [1.807, 2.05) is 18.2 Å². The van der Waals surface area contributed by atoms with Crippen LogP contribution in [-0.4, -0.2) is 47.1 Å². The van der Waals surface area contributed by atoms with Crippen LogP contribution in [-0.2, 0) is 0 Å². The van der Waals surface area contributed by atoms with Gasteiger partial charge in [-0.3, -0.25) is 4.90 Å². The monoisotopic (exact) mass is 275 g/mol. The fourth-order valence-electron chi connectivity index (χ4n) is 3.12. The Balaban J connectivity index is 1.63. The van der Waals surface area contributed by atoms with E-state index in [4.69, 9.17) is 12.2 Å². The molecular formula is C15H21N3S. The van der Waals surface area contributed by atoms with E-state index in [1.165, 1.54) is 32.4 Å². The van der Waals surface area contributed by atoms with Crippen LogP contribution in [0.5, 0.6) is 0 Å². The number of nitrogens with zero attached hydrogens (tertiary/aromatic N) is 2. The van der Waals surface area contributed by atoms with E-state index < -0.39 is 0 Å². The maximum atomic E-state index is 5.57. The predicted molar refractivity (Wildman–Crippen MR) is 83.4 cm³/mol. The van der Waals surface area contributed by atoms with Gasteiger partial charge in [0.25, 0.3) is 0 Å². The molecule has 2 saturated heterocycles. The molecule has 2 aliphatic rings. The van der Waals surface area contributed by atoms with Crippen LogP contribution in [0.15, 0.2) is 30.3 Å². The number of fused-ring (bicyclic) bond motifs is 1. The lowest BCUT2D eigenvalue weighted by atomic mass is 10.2. The highest BCUT2D eigenvalue weighted by Crippen LogP contribution is 2.21. The van der Waals surface area contributed by atoms with Crippen LogP contribution in [0.3, 0.4) is 0 Å². The maximum Gasteiger partial charge on any atom is 0.173 e. The maximum absolute atomic E-state index is 5.57. The van der Waals surface area contributed by atoms with Crippen LogP contribution < -0.4 is 5.32 Å². The van der Waals surface area contributed by atoms with E-state index in [9.17, 15) is 0 Å². The van der Waals surface area contributed by atoms with Crippen molar-refractivity contribution in [1.82, 2.24) is 9.80 Å². The summed E-state index contributed by atoms with van der Waals surface area (Å²) >= 11 is 5.57. The van der Waals surface area contributed by atoms with Gasteiger partial charge >= 0.3 is 0 Å². The Labute approximate surface area is 120 Å². The highest BCUT2D eigenvalue weighted by atomic mass is 32.1. The van der Waals surface area contributed by atoms with Gasteiger partial charge in [-0.15, -0.1) is 0 Å². The average molecular weight is 275 g/mol.